The zero-order valence-electron chi connectivity index (χ0n) is 6.92. The molecule has 1 fully saturated rings. The third kappa shape index (κ3) is 1.43. The fraction of sp³-hybridized carbons (Fsp3) is 0.625. The van der Waals surface area contributed by atoms with Crippen LogP contribution in [0.25, 0.3) is 0 Å². The Morgan fingerprint density at radius 2 is 2.25 bits per heavy atom. The first-order valence-electron chi connectivity index (χ1n) is 4.24. The lowest BCUT2D eigenvalue weighted by molar-refractivity contribution is 0.618. The molecule has 0 bridgehead atoms. The zero-order chi connectivity index (χ0) is 8.39. The van der Waals surface area contributed by atoms with Crippen molar-refractivity contribution in [2.45, 2.75) is 18.8 Å². The van der Waals surface area contributed by atoms with Crippen molar-refractivity contribution in [2.75, 3.05) is 17.2 Å². The molecule has 12 heavy (non-hydrogen) atoms. The minimum absolute atomic E-state index is 0.619. The number of nitrogens with zero attached hydrogens (tertiary/aromatic N) is 1. The van der Waals surface area contributed by atoms with Gasteiger partial charge in [0.05, 0.1) is 17.6 Å². The van der Waals surface area contributed by atoms with Gasteiger partial charge in [0, 0.05) is 5.92 Å². The highest BCUT2D eigenvalue weighted by atomic mass is 32.2. The number of nitrogens with one attached hydrogen (secondary N) is 1. The van der Waals surface area contributed by atoms with Crippen molar-refractivity contribution >= 4 is 17.4 Å². The molecule has 0 saturated carbocycles. The molecular formula is C8H13N3S. The molecule has 0 radical (unpaired) electrons. The predicted octanol–water partition coefficient (Wildman–Crippen LogP) is 1.60. The summed E-state index contributed by atoms with van der Waals surface area (Å²) in [7, 11) is 0. The molecule has 1 aliphatic heterocycles. The van der Waals surface area contributed by atoms with Gasteiger partial charge in [0.15, 0.2) is 0 Å². The second kappa shape index (κ2) is 3.39. The second-order valence-corrected chi connectivity index (χ2v) is 4.35. The van der Waals surface area contributed by atoms with Crippen LogP contribution in [-0.4, -0.2) is 21.7 Å². The van der Waals surface area contributed by atoms with Gasteiger partial charge in [-0.15, -0.1) is 0 Å². The van der Waals surface area contributed by atoms with Crippen molar-refractivity contribution in [3.05, 3.63) is 11.9 Å². The molecule has 1 aromatic heterocycles. The summed E-state index contributed by atoms with van der Waals surface area (Å²) in [6.45, 7) is 0. The Balaban J connectivity index is 2.13. The Morgan fingerprint density at radius 3 is 2.83 bits per heavy atom. The first-order valence-corrected chi connectivity index (χ1v) is 5.40. The number of nitrogens with two attached hydrogens (primary N) is 1. The Kier molecular flexibility index (Phi) is 2.26. The van der Waals surface area contributed by atoms with Gasteiger partial charge in [-0.25, -0.2) is 0 Å². The third-order valence-corrected chi connectivity index (χ3v) is 3.38. The van der Waals surface area contributed by atoms with E-state index in [0.29, 0.717) is 5.92 Å². The van der Waals surface area contributed by atoms with Gasteiger partial charge in [-0.3, -0.25) is 5.10 Å². The summed E-state index contributed by atoms with van der Waals surface area (Å²) in [5.74, 6) is 3.13. The minimum Gasteiger partial charge on any atom is -0.396 e. The summed E-state index contributed by atoms with van der Waals surface area (Å²) < 4.78 is 0. The predicted molar refractivity (Wildman–Crippen MR) is 52.3 cm³/mol. The maximum Gasteiger partial charge on any atom is 0.0733 e. The highest BCUT2D eigenvalue weighted by Gasteiger charge is 2.18. The molecule has 0 aromatic carbocycles. The fourth-order valence-corrected chi connectivity index (χ4v) is 2.73. The molecule has 0 unspecified atom stereocenters. The molecule has 0 atom stereocenters. The summed E-state index contributed by atoms with van der Waals surface area (Å²) in [6.07, 6.45) is 4.17. The van der Waals surface area contributed by atoms with E-state index in [0.717, 1.165) is 11.4 Å². The molecule has 3 N–H and O–H groups in total. The first kappa shape index (κ1) is 7.98. The number of aromatic amines is 1. The first-order chi connectivity index (χ1) is 5.88. The number of anilines is 1. The van der Waals surface area contributed by atoms with Crippen molar-refractivity contribution < 1.29 is 0 Å². The van der Waals surface area contributed by atoms with Gasteiger partial charge >= 0.3 is 0 Å². The average Bonchev–Trinajstić information content (AvgIpc) is 2.53. The van der Waals surface area contributed by atoms with E-state index in [9.17, 15) is 0 Å². The van der Waals surface area contributed by atoms with Crippen LogP contribution < -0.4 is 5.73 Å². The van der Waals surface area contributed by atoms with Crippen molar-refractivity contribution in [3.8, 4) is 0 Å². The molecule has 0 spiro atoms. The Morgan fingerprint density at radius 1 is 1.50 bits per heavy atom. The van der Waals surface area contributed by atoms with Crippen LogP contribution in [0.2, 0.25) is 0 Å². The van der Waals surface area contributed by atoms with Gasteiger partial charge in [0.2, 0.25) is 0 Å². The number of H-pyrrole nitrogens is 1. The summed E-state index contributed by atoms with van der Waals surface area (Å²) in [6, 6.07) is 0. The van der Waals surface area contributed by atoms with E-state index >= 15 is 0 Å². The monoisotopic (exact) mass is 183 g/mol. The molecule has 1 saturated heterocycles. The average molecular weight is 183 g/mol. The van der Waals surface area contributed by atoms with E-state index < -0.39 is 0 Å². The largest absolute Gasteiger partial charge is 0.396 e. The van der Waals surface area contributed by atoms with Crippen LogP contribution in [0.5, 0.6) is 0 Å². The molecule has 2 heterocycles. The van der Waals surface area contributed by atoms with E-state index in [-0.39, 0.29) is 0 Å². The standard InChI is InChI=1S/C8H13N3S/c9-7-5-10-11-8(7)6-1-3-12-4-2-6/h5-6H,1-4,9H2,(H,10,11). The number of thioether (sulfide) groups is 1. The molecular weight excluding hydrogens is 170 g/mol. The molecule has 2 rings (SSSR count). The van der Waals surface area contributed by atoms with Crippen molar-refractivity contribution in [3.63, 3.8) is 0 Å². The Bertz CT molecular complexity index is 253. The normalized spacial score (nSPS) is 19.7. The smallest absolute Gasteiger partial charge is 0.0733 e. The maximum atomic E-state index is 5.77. The molecule has 3 nitrogen and oxygen atoms in total. The van der Waals surface area contributed by atoms with Gasteiger partial charge in [-0.2, -0.15) is 16.9 Å². The van der Waals surface area contributed by atoms with Crippen molar-refractivity contribution in [1.82, 2.24) is 10.2 Å². The summed E-state index contributed by atoms with van der Waals surface area (Å²) in [5.41, 5.74) is 7.75. The van der Waals surface area contributed by atoms with E-state index in [1.54, 1.807) is 6.20 Å². The molecule has 1 aromatic rings. The van der Waals surface area contributed by atoms with Gasteiger partial charge in [0.1, 0.15) is 0 Å². The number of nitrogen functional groups attached to an aromatic ring is 1. The van der Waals surface area contributed by atoms with E-state index in [4.69, 9.17) is 5.73 Å². The second-order valence-electron chi connectivity index (χ2n) is 3.13. The topological polar surface area (TPSA) is 54.7 Å². The molecule has 4 heteroatoms. The summed E-state index contributed by atoms with van der Waals surface area (Å²) in [5, 5.41) is 6.93. The highest BCUT2D eigenvalue weighted by Crippen LogP contribution is 2.32. The molecule has 1 aliphatic rings. The summed E-state index contributed by atoms with van der Waals surface area (Å²) >= 11 is 2.03. The minimum atomic E-state index is 0.619. The number of rotatable bonds is 1. The van der Waals surface area contributed by atoms with Crippen molar-refractivity contribution in [2.24, 2.45) is 0 Å². The van der Waals surface area contributed by atoms with E-state index in [1.807, 2.05) is 11.8 Å². The van der Waals surface area contributed by atoms with Crippen LogP contribution in [-0.2, 0) is 0 Å². The SMILES string of the molecule is Nc1cn[nH]c1C1CCSCC1. The van der Waals surface area contributed by atoms with Gasteiger partial charge in [0.25, 0.3) is 0 Å². The maximum absolute atomic E-state index is 5.77. The van der Waals surface area contributed by atoms with E-state index in [2.05, 4.69) is 10.2 Å². The quantitative estimate of drug-likeness (QED) is 0.695. The van der Waals surface area contributed by atoms with Crippen LogP contribution in [0.3, 0.4) is 0 Å². The van der Waals surface area contributed by atoms with Gasteiger partial charge in [-0.1, -0.05) is 0 Å². The van der Waals surface area contributed by atoms with Gasteiger partial charge in [-0.05, 0) is 24.3 Å². The van der Waals surface area contributed by atoms with Crippen LogP contribution in [0.4, 0.5) is 5.69 Å². The lowest BCUT2D eigenvalue weighted by Gasteiger charge is -2.20. The zero-order valence-corrected chi connectivity index (χ0v) is 7.73. The summed E-state index contributed by atoms with van der Waals surface area (Å²) in [4.78, 5) is 0. The van der Waals surface area contributed by atoms with Crippen LogP contribution in [0, 0.1) is 0 Å². The highest BCUT2D eigenvalue weighted by molar-refractivity contribution is 7.99. The van der Waals surface area contributed by atoms with Gasteiger partial charge < -0.3 is 5.73 Å². The molecule has 0 amide bonds. The lowest BCUT2D eigenvalue weighted by Crippen LogP contribution is -2.09. The third-order valence-electron chi connectivity index (χ3n) is 2.33. The Hall–Kier alpha value is -0.640. The number of aromatic nitrogens is 2. The Labute approximate surface area is 76.1 Å². The lowest BCUT2D eigenvalue weighted by atomic mass is 9.98. The number of hydrogen-bond donors (Lipinski definition) is 2. The molecule has 0 aliphatic carbocycles. The van der Waals surface area contributed by atoms with Crippen LogP contribution >= 0.6 is 11.8 Å². The number of hydrogen-bond acceptors (Lipinski definition) is 3. The van der Waals surface area contributed by atoms with E-state index in [1.165, 1.54) is 24.3 Å². The molecule has 66 valence electrons. The van der Waals surface area contributed by atoms with Crippen molar-refractivity contribution in [1.29, 1.82) is 0 Å². The van der Waals surface area contributed by atoms with Crippen LogP contribution in [0.1, 0.15) is 24.5 Å². The fourth-order valence-electron chi connectivity index (χ4n) is 1.62. The van der Waals surface area contributed by atoms with Crippen LogP contribution in [0.15, 0.2) is 6.20 Å².